The number of hydrogen-bond acceptors (Lipinski definition) is 3. The Balaban J connectivity index is 2.45. The molecule has 2 rings (SSSR count). The lowest BCUT2D eigenvalue weighted by Crippen LogP contribution is -2.55. The van der Waals surface area contributed by atoms with Gasteiger partial charge in [-0.25, -0.2) is 9.19 Å². The minimum atomic E-state index is -0.929. The molecule has 0 spiro atoms. The molecule has 0 bridgehead atoms. The van der Waals surface area contributed by atoms with Crippen LogP contribution in [0, 0.1) is 5.41 Å². The maximum Gasteiger partial charge on any atom is 0.408 e. The lowest BCUT2D eigenvalue weighted by atomic mass is 9.69. The molecular formula is C26H35BrN2O2S. The number of rotatable bonds is 7. The van der Waals surface area contributed by atoms with E-state index >= 15 is 0 Å². The highest BCUT2D eigenvalue weighted by molar-refractivity contribution is 9.10. The fourth-order valence-electron chi connectivity index (χ4n) is 3.56. The first kappa shape index (κ1) is 26.5. The van der Waals surface area contributed by atoms with Crippen molar-refractivity contribution >= 4 is 39.7 Å². The van der Waals surface area contributed by atoms with Crippen LogP contribution in [0.3, 0.4) is 0 Å². The molecule has 32 heavy (non-hydrogen) atoms. The first-order valence-electron chi connectivity index (χ1n) is 10.8. The van der Waals surface area contributed by atoms with Crippen molar-refractivity contribution in [2.24, 2.45) is 9.81 Å². The first-order chi connectivity index (χ1) is 14.8. The number of halogens is 1. The molecule has 0 aliphatic heterocycles. The SMILES string of the molecule is CC(C)(C)SN=C(CCN(C(=O)O)C(C)(c1ccc(Br)cc1)C(C)(C)C)c1ccccc1. The molecule has 4 nitrogen and oxygen atoms in total. The summed E-state index contributed by atoms with van der Waals surface area (Å²) in [7, 11) is 0. The average molecular weight is 520 g/mol. The molecule has 0 radical (unpaired) electrons. The van der Waals surface area contributed by atoms with Crippen LogP contribution in [-0.2, 0) is 5.54 Å². The van der Waals surface area contributed by atoms with Gasteiger partial charge in [0.15, 0.2) is 0 Å². The summed E-state index contributed by atoms with van der Waals surface area (Å²) in [6, 6.07) is 18.0. The number of nitrogens with zero attached hydrogens (tertiary/aromatic N) is 2. The Bertz CT molecular complexity index is 931. The summed E-state index contributed by atoms with van der Waals surface area (Å²) in [4.78, 5) is 14.2. The quantitative estimate of drug-likeness (QED) is 0.298. The van der Waals surface area contributed by atoms with Gasteiger partial charge in [0.05, 0.1) is 11.3 Å². The highest BCUT2D eigenvalue weighted by Crippen LogP contribution is 2.44. The van der Waals surface area contributed by atoms with Gasteiger partial charge in [-0.15, -0.1) is 0 Å². The Morgan fingerprint density at radius 3 is 2.00 bits per heavy atom. The molecule has 0 saturated heterocycles. The maximum absolute atomic E-state index is 12.6. The number of hydrogen-bond donors (Lipinski definition) is 1. The van der Waals surface area contributed by atoms with Gasteiger partial charge in [-0.3, -0.25) is 4.90 Å². The van der Waals surface area contributed by atoms with Crippen LogP contribution in [0.4, 0.5) is 4.79 Å². The standard InChI is InChI=1S/C26H35BrN2O2S/c1-24(2,3)26(7,20-13-15-21(27)16-14-20)29(23(30)31)18-17-22(28-32-25(4,5)6)19-11-9-8-10-12-19/h8-16H,17-18H2,1-7H3,(H,30,31). The van der Waals surface area contributed by atoms with E-state index in [2.05, 4.69) is 57.5 Å². The third kappa shape index (κ3) is 6.61. The van der Waals surface area contributed by atoms with E-state index in [0.29, 0.717) is 13.0 Å². The van der Waals surface area contributed by atoms with Gasteiger partial charge in [-0.2, -0.15) is 0 Å². The molecule has 1 atom stereocenters. The molecule has 0 saturated carbocycles. The van der Waals surface area contributed by atoms with E-state index in [1.54, 1.807) is 4.90 Å². The van der Waals surface area contributed by atoms with E-state index in [4.69, 9.17) is 4.40 Å². The Kier molecular flexibility index (Phi) is 8.62. The number of carbonyl (C=O) groups is 1. The largest absolute Gasteiger partial charge is 0.465 e. The molecule has 174 valence electrons. The average Bonchev–Trinajstić information content (AvgIpc) is 2.69. The van der Waals surface area contributed by atoms with Gasteiger partial charge in [0.1, 0.15) is 0 Å². The fourth-order valence-corrected chi connectivity index (χ4v) is 4.41. The van der Waals surface area contributed by atoms with Crippen LogP contribution in [0.25, 0.3) is 0 Å². The smallest absolute Gasteiger partial charge is 0.408 e. The molecule has 0 aliphatic carbocycles. The van der Waals surface area contributed by atoms with E-state index < -0.39 is 11.6 Å². The molecule has 0 heterocycles. The van der Waals surface area contributed by atoms with Crippen molar-refractivity contribution in [3.8, 4) is 0 Å². The lowest BCUT2D eigenvalue weighted by molar-refractivity contribution is 0.0126. The third-order valence-corrected chi connectivity index (χ3v) is 7.13. The zero-order valence-corrected chi connectivity index (χ0v) is 22.5. The van der Waals surface area contributed by atoms with Crippen molar-refractivity contribution in [2.75, 3.05) is 6.54 Å². The van der Waals surface area contributed by atoms with Crippen molar-refractivity contribution in [3.63, 3.8) is 0 Å². The van der Waals surface area contributed by atoms with Gasteiger partial charge in [0, 0.05) is 22.2 Å². The van der Waals surface area contributed by atoms with E-state index in [0.717, 1.165) is 21.3 Å². The molecule has 1 unspecified atom stereocenters. The number of benzene rings is 2. The summed E-state index contributed by atoms with van der Waals surface area (Å²) >= 11 is 5.01. The van der Waals surface area contributed by atoms with Gasteiger partial charge in [0.2, 0.25) is 0 Å². The lowest BCUT2D eigenvalue weighted by Gasteiger charge is -2.49. The van der Waals surface area contributed by atoms with Crippen LogP contribution in [0.1, 0.15) is 66.0 Å². The van der Waals surface area contributed by atoms with E-state index in [9.17, 15) is 9.90 Å². The second-order valence-corrected chi connectivity index (χ2v) is 12.6. The topological polar surface area (TPSA) is 52.9 Å². The van der Waals surface area contributed by atoms with Gasteiger partial charge in [-0.05, 0) is 68.3 Å². The zero-order valence-electron chi connectivity index (χ0n) is 20.1. The van der Waals surface area contributed by atoms with Crippen LogP contribution < -0.4 is 0 Å². The van der Waals surface area contributed by atoms with E-state index in [-0.39, 0.29) is 10.2 Å². The van der Waals surface area contributed by atoms with E-state index in [1.807, 2.05) is 61.5 Å². The van der Waals surface area contributed by atoms with Crippen LogP contribution >= 0.6 is 27.9 Å². The minimum absolute atomic E-state index is 0.0239. The van der Waals surface area contributed by atoms with Crippen molar-refractivity contribution < 1.29 is 9.90 Å². The van der Waals surface area contributed by atoms with Crippen LogP contribution in [0.5, 0.6) is 0 Å². The summed E-state index contributed by atoms with van der Waals surface area (Å²) < 4.78 is 5.78. The first-order valence-corrected chi connectivity index (χ1v) is 12.4. The van der Waals surface area contributed by atoms with Gasteiger partial charge < -0.3 is 5.11 Å². The summed E-state index contributed by atoms with van der Waals surface area (Å²) in [5.41, 5.74) is 1.85. The molecule has 0 fully saturated rings. The second-order valence-electron chi connectivity index (χ2n) is 10.1. The Morgan fingerprint density at radius 1 is 0.969 bits per heavy atom. The maximum atomic E-state index is 12.6. The summed E-state index contributed by atoms with van der Waals surface area (Å²) in [5.74, 6) is 0. The molecule has 1 amide bonds. The van der Waals surface area contributed by atoms with Crippen LogP contribution in [-0.4, -0.2) is 33.1 Å². The van der Waals surface area contributed by atoms with Crippen molar-refractivity contribution in [1.82, 2.24) is 4.90 Å². The zero-order chi connectivity index (χ0) is 24.2. The normalized spacial score (nSPS) is 14.7. The van der Waals surface area contributed by atoms with Gasteiger partial charge in [-0.1, -0.05) is 79.2 Å². The summed E-state index contributed by atoms with van der Waals surface area (Å²) in [6.45, 7) is 15.0. The molecular weight excluding hydrogens is 484 g/mol. The molecule has 6 heteroatoms. The predicted octanol–water partition coefficient (Wildman–Crippen LogP) is 8.02. The summed E-state index contributed by atoms with van der Waals surface area (Å²) in [6.07, 6.45) is -0.400. The van der Waals surface area contributed by atoms with Crippen molar-refractivity contribution in [1.29, 1.82) is 0 Å². The van der Waals surface area contributed by atoms with Crippen LogP contribution in [0.15, 0.2) is 63.5 Å². The second kappa shape index (κ2) is 10.4. The van der Waals surface area contributed by atoms with Crippen molar-refractivity contribution in [2.45, 2.75) is 65.2 Å². The Hall–Kier alpha value is -1.79. The third-order valence-electron chi connectivity index (χ3n) is 5.75. The van der Waals surface area contributed by atoms with Crippen LogP contribution in [0.2, 0.25) is 0 Å². The van der Waals surface area contributed by atoms with Gasteiger partial charge in [0.25, 0.3) is 0 Å². The monoisotopic (exact) mass is 518 g/mol. The molecule has 1 N–H and O–H groups in total. The number of amides is 1. The fraction of sp³-hybridized carbons (Fsp3) is 0.462. The highest BCUT2D eigenvalue weighted by Gasteiger charge is 2.46. The van der Waals surface area contributed by atoms with E-state index in [1.165, 1.54) is 11.9 Å². The Labute approximate surface area is 205 Å². The minimum Gasteiger partial charge on any atom is -0.465 e. The van der Waals surface area contributed by atoms with Crippen molar-refractivity contribution in [3.05, 3.63) is 70.2 Å². The predicted molar refractivity (Wildman–Crippen MR) is 141 cm³/mol. The molecule has 0 aliphatic rings. The highest BCUT2D eigenvalue weighted by atomic mass is 79.9. The number of carboxylic acid groups (broad SMARTS) is 1. The summed E-state index contributed by atoms with van der Waals surface area (Å²) in [5, 5.41) is 10.3. The Morgan fingerprint density at radius 2 is 1.53 bits per heavy atom. The molecule has 2 aromatic rings. The molecule has 2 aromatic carbocycles. The molecule has 0 aromatic heterocycles. The van der Waals surface area contributed by atoms with Gasteiger partial charge >= 0.3 is 6.09 Å².